The number of alkyl halides is 3. The third-order valence-corrected chi connectivity index (χ3v) is 3.13. The molecule has 0 aliphatic heterocycles. The molecule has 1 aromatic carbocycles. The molecule has 2 N–H and O–H groups in total. The summed E-state index contributed by atoms with van der Waals surface area (Å²) >= 11 is 5.74. The second-order valence-corrected chi connectivity index (χ2v) is 4.48. The first kappa shape index (κ1) is 12.5. The summed E-state index contributed by atoms with van der Waals surface area (Å²) in [6.07, 6.45) is -3.75. The summed E-state index contributed by atoms with van der Waals surface area (Å²) in [5.74, 6) is 0.366. The largest absolute Gasteiger partial charge is 0.573 e. The predicted octanol–water partition coefficient (Wildman–Crippen LogP) is 3.30. The lowest BCUT2D eigenvalue weighted by Gasteiger charge is -2.11. The van der Waals surface area contributed by atoms with E-state index in [2.05, 4.69) is 4.74 Å². The molecule has 0 radical (unpaired) electrons. The molecule has 1 fully saturated rings. The second kappa shape index (κ2) is 4.38. The third kappa shape index (κ3) is 3.04. The Bertz CT molecular complexity index is 422. The number of benzene rings is 1. The van der Waals surface area contributed by atoms with Crippen molar-refractivity contribution >= 4 is 11.6 Å². The molecule has 2 nitrogen and oxygen atoms in total. The van der Waals surface area contributed by atoms with Crippen molar-refractivity contribution < 1.29 is 17.9 Å². The minimum atomic E-state index is -4.72. The van der Waals surface area contributed by atoms with Crippen LogP contribution in [0.4, 0.5) is 13.2 Å². The van der Waals surface area contributed by atoms with E-state index in [1.54, 1.807) is 6.07 Å². The van der Waals surface area contributed by atoms with Gasteiger partial charge in [-0.2, -0.15) is 0 Å². The van der Waals surface area contributed by atoms with E-state index in [1.807, 2.05) is 0 Å². The van der Waals surface area contributed by atoms with E-state index < -0.39 is 6.36 Å². The zero-order chi connectivity index (χ0) is 12.6. The highest BCUT2D eigenvalue weighted by Crippen LogP contribution is 2.48. The Balaban J connectivity index is 2.12. The van der Waals surface area contributed by atoms with Crippen molar-refractivity contribution in [3.8, 4) is 5.75 Å². The van der Waals surface area contributed by atoms with Gasteiger partial charge in [-0.15, -0.1) is 13.2 Å². The number of halogens is 4. The summed E-state index contributed by atoms with van der Waals surface area (Å²) in [7, 11) is 0. The van der Waals surface area contributed by atoms with E-state index in [0.717, 1.165) is 12.0 Å². The van der Waals surface area contributed by atoms with E-state index in [-0.39, 0.29) is 10.8 Å². The first-order valence-corrected chi connectivity index (χ1v) is 5.54. The van der Waals surface area contributed by atoms with Crippen molar-refractivity contribution in [3.05, 3.63) is 28.8 Å². The predicted molar refractivity (Wildman–Crippen MR) is 58.0 cm³/mol. The molecule has 17 heavy (non-hydrogen) atoms. The van der Waals surface area contributed by atoms with E-state index in [4.69, 9.17) is 17.3 Å². The highest BCUT2D eigenvalue weighted by molar-refractivity contribution is 6.32. The Morgan fingerprint density at radius 3 is 2.59 bits per heavy atom. The number of ether oxygens (including phenoxy) is 1. The van der Waals surface area contributed by atoms with Crippen LogP contribution in [-0.2, 0) is 0 Å². The maximum atomic E-state index is 12.0. The fourth-order valence-electron chi connectivity index (χ4n) is 1.87. The van der Waals surface area contributed by atoms with Crippen LogP contribution in [0.2, 0.25) is 5.02 Å². The normalized spacial score (nSPS) is 23.6. The Labute approximate surface area is 102 Å². The molecule has 1 aliphatic rings. The molecule has 0 aromatic heterocycles. The number of nitrogens with two attached hydrogens (primary N) is 1. The van der Waals surface area contributed by atoms with Crippen molar-refractivity contribution in [2.24, 2.45) is 11.7 Å². The molecule has 2 rings (SSSR count). The number of hydrogen-bond acceptors (Lipinski definition) is 2. The highest BCUT2D eigenvalue weighted by Gasteiger charge is 2.37. The zero-order valence-corrected chi connectivity index (χ0v) is 9.55. The van der Waals surface area contributed by atoms with Crippen molar-refractivity contribution in [3.63, 3.8) is 0 Å². The lowest BCUT2D eigenvalue weighted by molar-refractivity contribution is -0.274. The van der Waals surface area contributed by atoms with Crippen LogP contribution in [0, 0.1) is 5.92 Å². The average Bonchev–Trinajstić information content (AvgIpc) is 2.98. The SMILES string of the molecule is NCC1CC1c1ccc(OC(F)(F)F)c(Cl)c1. The van der Waals surface area contributed by atoms with E-state index in [1.165, 1.54) is 12.1 Å². The molecular formula is C11H11ClF3NO. The molecule has 94 valence electrons. The van der Waals surface area contributed by atoms with Crippen molar-refractivity contribution in [2.75, 3.05) is 6.54 Å². The van der Waals surface area contributed by atoms with Crippen LogP contribution < -0.4 is 10.5 Å². The summed E-state index contributed by atoms with van der Waals surface area (Å²) in [5, 5.41) is -0.0255. The molecule has 0 bridgehead atoms. The van der Waals surface area contributed by atoms with Crippen LogP contribution in [0.3, 0.4) is 0 Å². The van der Waals surface area contributed by atoms with Crippen LogP contribution in [0.5, 0.6) is 5.75 Å². The molecule has 6 heteroatoms. The summed E-state index contributed by atoms with van der Waals surface area (Å²) in [6, 6.07) is 4.37. The molecular weight excluding hydrogens is 255 g/mol. The van der Waals surface area contributed by atoms with E-state index in [9.17, 15) is 13.2 Å². The molecule has 2 atom stereocenters. The van der Waals surface area contributed by atoms with Crippen molar-refractivity contribution in [1.82, 2.24) is 0 Å². The van der Waals surface area contributed by atoms with E-state index >= 15 is 0 Å². The van der Waals surface area contributed by atoms with Crippen LogP contribution in [0.15, 0.2) is 18.2 Å². The standard InChI is InChI=1S/C11H11ClF3NO/c12-9-4-6(8-3-7(8)5-16)1-2-10(9)17-11(13,14)15/h1-2,4,7-8H,3,5,16H2. The fourth-order valence-corrected chi connectivity index (χ4v) is 2.10. The van der Waals surface area contributed by atoms with Gasteiger partial charge in [-0.3, -0.25) is 0 Å². The molecule has 0 heterocycles. The Morgan fingerprint density at radius 1 is 1.41 bits per heavy atom. The third-order valence-electron chi connectivity index (χ3n) is 2.84. The molecule has 0 saturated heterocycles. The number of hydrogen-bond donors (Lipinski definition) is 1. The molecule has 2 unspecified atom stereocenters. The first-order chi connectivity index (χ1) is 7.90. The minimum Gasteiger partial charge on any atom is -0.404 e. The minimum absolute atomic E-state index is 0.0255. The summed E-state index contributed by atoms with van der Waals surface area (Å²) < 4.78 is 39.8. The first-order valence-electron chi connectivity index (χ1n) is 5.16. The average molecular weight is 266 g/mol. The molecule has 1 saturated carbocycles. The van der Waals surface area contributed by atoms with Crippen LogP contribution in [0.25, 0.3) is 0 Å². The zero-order valence-electron chi connectivity index (χ0n) is 8.80. The van der Waals surface area contributed by atoms with Crippen molar-refractivity contribution in [1.29, 1.82) is 0 Å². The maximum absolute atomic E-state index is 12.0. The van der Waals surface area contributed by atoms with Gasteiger partial charge in [-0.1, -0.05) is 17.7 Å². The summed E-state index contributed by atoms with van der Waals surface area (Å²) in [4.78, 5) is 0. The topological polar surface area (TPSA) is 35.2 Å². The summed E-state index contributed by atoms with van der Waals surface area (Å²) in [6.45, 7) is 0.586. The van der Waals surface area contributed by atoms with Crippen LogP contribution >= 0.6 is 11.6 Å². The maximum Gasteiger partial charge on any atom is 0.573 e. The number of rotatable bonds is 3. The van der Waals surface area contributed by atoms with Gasteiger partial charge in [0.05, 0.1) is 5.02 Å². The monoisotopic (exact) mass is 265 g/mol. The Hall–Kier alpha value is -0.940. The Kier molecular flexibility index (Phi) is 3.23. The lowest BCUT2D eigenvalue weighted by atomic mass is 10.1. The molecule has 0 amide bonds. The molecule has 1 aromatic rings. The van der Waals surface area contributed by atoms with Gasteiger partial charge in [0.15, 0.2) is 0 Å². The smallest absolute Gasteiger partial charge is 0.404 e. The fraction of sp³-hybridized carbons (Fsp3) is 0.455. The Morgan fingerprint density at radius 2 is 2.12 bits per heavy atom. The quantitative estimate of drug-likeness (QED) is 0.910. The van der Waals surface area contributed by atoms with Gasteiger partial charge in [0.2, 0.25) is 0 Å². The van der Waals surface area contributed by atoms with E-state index in [0.29, 0.717) is 18.4 Å². The lowest BCUT2D eigenvalue weighted by Crippen LogP contribution is -2.17. The molecule has 1 aliphatic carbocycles. The molecule has 0 spiro atoms. The summed E-state index contributed by atoms with van der Waals surface area (Å²) in [5.41, 5.74) is 6.42. The van der Waals surface area contributed by atoms with Crippen molar-refractivity contribution in [2.45, 2.75) is 18.7 Å². The van der Waals surface area contributed by atoms with Gasteiger partial charge in [0.1, 0.15) is 5.75 Å². The van der Waals surface area contributed by atoms with Crippen LogP contribution in [0.1, 0.15) is 17.9 Å². The van der Waals surface area contributed by atoms with Crippen LogP contribution in [-0.4, -0.2) is 12.9 Å². The van der Waals surface area contributed by atoms with Gasteiger partial charge < -0.3 is 10.5 Å². The highest BCUT2D eigenvalue weighted by atomic mass is 35.5. The van der Waals surface area contributed by atoms with Gasteiger partial charge in [-0.25, -0.2) is 0 Å². The van der Waals surface area contributed by atoms with Gasteiger partial charge in [0, 0.05) is 0 Å². The second-order valence-electron chi connectivity index (χ2n) is 4.08. The van der Waals surface area contributed by atoms with Gasteiger partial charge in [-0.05, 0) is 42.5 Å². The van der Waals surface area contributed by atoms with Gasteiger partial charge in [0.25, 0.3) is 0 Å². The van der Waals surface area contributed by atoms with Gasteiger partial charge >= 0.3 is 6.36 Å².